The average Bonchev–Trinajstić information content (AvgIpc) is 2.31. The Morgan fingerprint density at radius 2 is 2.40 bits per heavy atom. The lowest BCUT2D eigenvalue weighted by Crippen LogP contribution is -1.67. The minimum Gasteiger partial charge on any atom is -0.128 e. The van der Waals surface area contributed by atoms with Gasteiger partial charge in [-0.05, 0) is 17.1 Å². The summed E-state index contributed by atoms with van der Waals surface area (Å²) in [6, 6.07) is 3.96. The topological polar surface area (TPSA) is 0 Å². The first-order valence-electron chi connectivity index (χ1n) is 2.82. The molecule has 0 nitrogen and oxygen atoms in total. The summed E-state index contributed by atoms with van der Waals surface area (Å²) in [5, 5.41) is 0. The molecule has 0 unspecified atom stereocenters. The van der Waals surface area contributed by atoms with Crippen LogP contribution in [0.5, 0.6) is 0 Å². The largest absolute Gasteiger partial charge is 0.128 e. The summed E-state index contributed by atoms with van der Waals surface area (Å²) in [5.41, 5.74) is 0. The van der Waals surface area contributed by atoms with Gasteiger partial charge < -0.3 is 0 Å². The Morgan fingerprint density at radius 1 is 1.60 bits per heavy atom. The highest BCUT2D eigenvalue weighted by Gasteiger charge is 1.93. The van der Waals surface area contributed by atoms with Crippen molar-refractivity contribution in [1.82, 2.24) is 0 Å². The molecule has 0 spiro atoms. The van der Waals surface area contributed by atoms with Crippen molar-refractivity contribution in [3.8, 4) is 0 Å². The van der Waals surface area contributed by atoms with E-state index in [0.717, 1.165) is 10.8 Å². The van der Waals surface area contributed by atoms with Gasteiger partial charge >= 0.3 is 0 Å². The van der Waals surface area contributed by atoms with Gasteiger partial charge in [0.25, 0.3) is 0 Å². The van der Waals surface area contributed by atoms with E-state index in [1.165, 1.54) is 4.88 Å². The van der Waals surface area contributed by atoms with Crippen molar-refractivity contribution in [2.45, 2.75) is 6.42 Å². The molecular formula is C7H6BrClS. The minimum absolute atomic E-state index is 0.859. The van der Waals surface area contributed by atoms with Gasteiger partial charge in [-0.2, -0.15) is 0 Å². The van der Waals surface area contributed by atoms with E-state index in [0.29, 0.717) is 0 Å². The third-order valence-electron chi connectivity index (χ3n) is 1.04. The third kappa shape index (κ3) is 2.45. The molecule has 1 heterocycles. The second-order valence-corrected chi connectivity index (χ2v) is 4.10. The molecule has 0 aliphatic rings. The molecule has 54 valence electrons. The molecule has 1 aromatic rings. The summed E-state index contributed by atoms with van der Waals surface area (Å²) in [6.45, 7) is 0. The summed E-state index contributed by atoms with van der Waals surface area (Å²) in [4.78, 5) is 3.15. The van der Waals surface area contributed by atoms with Gasteiger partial charge in [-0.25, -0.2) is 0 Å². The summed E-state index contributed by atoms with van der Waals surface area (Å²) >= 11 is 10.5. The quantitative estimate of drug-likeness (QED) is 0.733. The van der Waals surface area contributed by atoms with Gasteiger partial charge in [-0.1, -0.05) is 33.6 Å². The number of hydrogen-bond donors (Lipinski definition) is 0. The van der Waals surface area contributed by atoms with Crippen molar-refractivity contribution in [1.29, 1.82) is 0 Å². The van der Waals surface area contributed by atoms with E-state index in [1.807, 2.05) is 23.2 Å². The fourth-order valence-electron chi connectivity index (χ4n) is 0.622. The second-order valence-electron chi connectivity index (χ2n) is 1.77. The van der Waals surface area contributed by atoms with Gasteiger partial charge in [-0.3, -0.25) is 0 Å². The number of halogens is 2. The molecule has 0 saturated heterocycles. The van der Waals surface area contributed by atoms with Crippen LogP contribution in [0.15, 0.2) is 23.2 Å². The fraction of sp³-hybridized carbons (Fsp3) is 0.143. The maximum absolute atomic E-state index is 5.72. The third-order valence-corrected chi connectivity index (χ3v) is 2.66. The maximum atomic E-state index is 5.72. The first-order chi connectivity index (χ1) is 4.83. The molecule has 0 atom stereocenters. The van der Waals surface area contributed by atoms with E-state index < -0.39 is 0 Å². The molecule has 0 saturated carbocycles. The van der Waals surface area contributed by atoms with Crippen molar-refractivity contribution in [2.75, 3.05) is 0 Å². The Hall–Kier alpha value is 0.210. The molecule has 3 heteroatoms. The van der Waals surface area contributed by atoms with Gasteiger partial charge in [0, 0.05) is 11.3 Å². The molecule has 1 rings (SSSR count). The van der Waals surface area contributed by atoms with Crippen LogP contribution in [0.2, 0.25) is 4.34 Å². The van der Waals surface area contributed by atoms with E-state index in [9.17, 15) is 0 Å². The molecule has 1 aromatic heterocycles. The summed E-state index contributed by atoms with van der Waals surface area (Å²) in [6.07, 6.45) is 3.00. The fourth-order valence-corrected chi connectivity index (χ4v) is 1.87. The number of allylic oxidation sites excluding steroid dienone is 1. The Bertz CT molecular complexity index is 229. The standard InChI is InChI=1S/C7H6BrClS/c8-5-1-2-6-3-4-7(9)10-6/h1,3-5H,2H2. The highest BCUT2D eigenvalue weighted by molar-refractivity contribution is 9.11. The van der Waals surface area contributed by atoms with Crippen LogP contribution in [0.25, 0.3) is 0 Å². The highest BCUT2D eigenvalue weighted by atomic mass is 79.9. The minimum atomic E-state index is 0.859. The van der Waals surface area contributed by atoms with Crippen LogP contribution in [0.1, 0.15) is 4.88 Å². The lowest BCUT2D eigenvalue weighted by Gasteiger charge is -1.83. The summed E-state index contributed by atoms with van der Waals surface area (Å²) < 4.78 is 0.859. The van der Waals surface area contributed by atoms with Crippen LogP contribution >= 0.6 is 38.9 Å². The van der Waals surface area contributed by atoms with Crippen LogP contribution in [0.3, 0.4) is 0 Å². The van der Waals surface area contributed by atoms with Gasteiger partial charge in [-0.15, -0.1) is 11.3 Å². The monoisotopic (exact) mass is 236 g/mol. The first-order valence-corrected chi connectivity index (χ1v) is 4.93. The lowest BCUT2D eigenvalue weighted by molar-refractivity contribution is 1.35. The van der Waals surface area contributed by atoms with Gasteiger partial charge in [0.05, 0.1) is 4.34 Å². The Kier molecular flexibility index (Phi) is 3.46. The number of rotatable bonds is 2. The smallest absolute Gasteiger partial charge is 0.0931 e. The van der Waals surface area contributed by atoms with E-state index in [1.54, 1.807) is 11.3 Å². The number of hydrogen-bond acceptors (Lipinski definition) is 1. The predicted octanol–water partition coefficient (Wildman–Crippen LogP) is 3.85. The second kappa shape index (κ2) is 4.16. The normalized spacial score (nSPS) is 11.0. The van der Waals surface area contributed by atoms with Crippen molar-refractivity contribution in [3.63, 3.8) is 0 Å². The lowest BCUT2D eigenvalue weighted by atomic mass is 10.3. The first kappa shape index (κ1) is 8.31. The molecule has 0 aromatic carbocycles. The highest BCUT2D eigenvalue weighted by Crippen LogP contribution is 2.21. The molecular weight excluding hydrogens is 232 g/mol. The van der Waals surface area contributed by atoms with E-state index in [4.69, 9.17) is 11.6 Å². The molecule has 0 fully saturated rings. The average molecular weight is 238 g/mol. The molecule has 0 aliphatic carbocycles. The van der Waals surface area contributed by atoms with Crippen molar-refractivity contribution in [2.24, 2.45) is 0 Å². The molecule has 0 radical (unpaired) electrons. The Morgan fingerprint density at radius 3 is 2.90 bits per heavy atom. The summed E-state index contributed by atoms with van der Waals surface area (Å²) in [5.74, 6) is 0. The zero-order valence-corrected chi connectivity index (χ0v) is 8.34. The van der Waals surface area contributed by atoms with Crippen molar-refractivity contribution in [3.05, 3.63) is 32.4 Å². The Balaban J connectivity index is 2.58. The van der Waals surface area contributed by atoms with Gasteiger partial charge in [0.15, 0.2) is 0 Å². The van der Waals surface area contributed by atoms with Crippen LogP contribution in [0, 0.1) is 0 Å². The number of thiophene rings is 1. The van der Waals surface area contributed by atoms with Crippen molar-refractivity contribution < 1.29 is 0 Å². The van der Waals surface area contributed by atoms with Crippen molar-refractivity contribution >= 4 is 38.9 Å². The van der Waals surface area contributed by atoms with Gasteiger partial charge in [0.1, 0.15) is 0 Å². The molecule has 0 bridgehead atoms. The van der Waals surface area contributed by atoms with E-state index in [2.05, 4.69) is 15.9 Å². The van der Waals surface area contributed by atoms with Crippen LogP contribution in [0.4, 0.5) is 0 Å². The maximum Gasteiger partial charge on any atom is 0.0931 e. The summed E-state index contributed by atoms with van der Waals surface area (Å²) in [7, 11) is 0. The van der Waals surface area contributed by atoms with E-state index in [-0.39, 0.29) is 0 Å². The molecule has 10 heavy (non-hydrogen) atoms. The SMILES string of the molecule is Clc1ccc(CC=CBr)s1. The molecule has 0 amide bonds. The van der Waals surface area contributed by atoms with Crippen LogP contribution < -0.4 is 0 Å². The zero-order chi connectivity index (χ0) is 7.40. The van der Waals surface area contributed by atoms with Gasteiger partial charge in [0.2, 0.25) is 0 Å². The molecule has 0 aliphatic heterocycles. The Labute approximate surface area is 77.6 Å². The van der Waals surface area contributed by atoms with Crippen LogP contribution in [-0.2, 0) is 6.42 Å². The predicted molar refractivity (Wildman–Crippen MR) is 51.1 cm³/mol. The van der Waals surface area contributed by atoms with Crippen LogP contribution in [-0.4, -0.2) is 0 Å². The van der Waals surface area contributed by atoms with E-state index >= 15 is 0 Å². The molecule has 0 N–H and O–H groups in total. The zero-order valence-electron chi connectivity index (χ0n) is 5.18.